The van der Waals surface area contributed by atoms with E-state index in [0.29, 0.717) is 13.0 Å². The van der Waals surface area contributed by atoms with E-state index in [2.05, 4.69) is 5.32 Å². The van der Waals surface area contributed by atoms with Crippen LogP contribution in [0.5, 0.6) is 0 Å². The normalized spacial score (nSPS) is 19.6. The van der Waals surface area contributed by atoms with Crippen LogP contribution in [0.4, 0.5) is 0 Å². The van der Waals surface area contributed by atoms with E-state index in [4.69, 9.17) is 5.11 Å². The van der Waals surface area contributed by atoms with Crippen molar-refractivity contribution in [2.45, 2.75) is 18.9 Å². The third-order valence-corrected chi connectivity index (χ3v) is 5.61. The van der Waals surface area contributed by atoms with E-state index >= 15 is 0 Å². The van der Waals surface area contributed by atoms with Crippen LogP contribution in [0.15, 0.2) is 41.8 Å². The first-order valence-electron chi connectivity index (χ1n) is 8.36. The zero-order valence-corrected chi connectivity index (χ0v) is 15.2. The molecule has 1 aromatic heterocycles. The zero-order chi connectivity index (χ0) is 18.7. The maximum absolute atomic E-state index is 12.6. The predicted molar refractivity (Wildman–Crippen MR) is 98.1 cm³/mol. The van der Waals surface area contributed by atoms with Crippen molar-refractivity contribution < 1.29 is 19.5 Å². The largest absolute Gasteiger partial charge is 0.478 e. The summed E-state index contributed by atoms with van der Waals surface area (Å²) in [5.74, 6) is -1.49. The molecule has 0 radical (unpaired) electrons. The molecule has 0 bridgehead atoms. The van der Waals surface area contributed by atoms with Crippen LogP contribution in [0.1, 0.15) is 33.3 Å². The number of carboxylic acid groups (broad SMARTS) is 1. The lowest BCUT2D eigenvalue weighted by atomic mass is 9.98. The number of benzene rings is 1. The van der Waals surface area contributed by atoms with Crippen LogP contribution in [-0.4, -0.2) is 41.4 Å². The number of hydrogen-bond donors (Lipinski definition) is 2. The van der Waals surface area contributed by atoms with Crippen molar-refractivity contribution in [3.63, 3.8) is 0 Å². The topological polar surface area (TPSA) is 86.7 Å². The highest BCUT2D eigenvalue weighted by molar-refractivity contribution is 7.10. The fourth-order valence-corrected chi connectivity index (χ4v) is 4.16. The molecule has 1 saturated heterocycles. The van der Waals surface area contributed by atoms with Gasteiger partial charge in [0.1, 0.15) is 0 Å². The Morgan fingerprint density at radius 2 is 2.00 bits per heavy atom. The van der Waals surface area contributed by atoms with E-state index in [-0.39, 0.29) is 35.8 Å². The summed E-state index contributed by atoms with van der Waals surface area (Å²) in [4.78, 5) is 38.2. The number of nitrogens with one attached hydrogen (secondary N) is 1. The van der Waals surface area contributed by atoms with E-state index in [9.17, 15) is 14.4 Å². The SMILES string of the molecule is CN1C(=O)C[C@H](C(=O)NCCc2ccc(C(=O)O)cc2)[C@H]1c1cccs1. The van der Waals surface area contributed by atoms with Gasteiger partial charge in [0.05, 0.1) is 17.5 Å². The van der Waals surface area contributed by atoms with Crippen LogP contribution < -0.4 is 5.32 Å². The molecule has 0 unspecified atom stereocenters. The highest BCUT2D eigenvalue weighted by Gasteiger charge is 2.42. The lowest BCUT2D eigenvalue weighted by Gasteiger charge is -2.23. The molecule has 0 aliphatic carbocycles. The number of thiophene rings is 1. The molecule has 0 spiro atoms. The van der Waals surface area contributed by atoms with Gasteiger partial charge in [-0.15, -0.1) is 11.3 Å². The average Bonchev–Trinajstić information content (AvgIpc) is 3.24. The number of rotatable bonds is 6. The number of aromatic carboxylic acids is 1. The van der Waals surface area contributed by atoms with Gasteiger partial charge in [-0.1, -0.05) is 18.2 Å². The van der Waals surface area contributed by atoms with Gasteiger partial charge >= 0.3 is 5.97 Å². The average molecular weight is 372 g/mol. The Morgan fingerprint density at radius 1 is 1.27 bits per heavy atom. The van der Waals surface area contributed by atoms with E-state index in [1.807, 2.05) is 17.5 Å². The summed E-state index contributed by atoms with van der Waals surface area (Å²) < 4.78 is 0. The number of carbonyl (C=O) groups excluding carboxylic acids is 2. The molecular weight excluding hydrogens is 352 g/mol. The van der Waals surface area contributed by atoms with Gasteiger partial charge in [-0.05, 0) is 35.6 Å². The predicted octanol–water partition coefficient (Wildman–Crippen LogP) is 2.32. The van der Waals surface area contributed by atoms with E-state index in [1.165, 1.54) is 0 Å². The fraction of sp³-hybridized carbons (Fsp3) is 0.316. The smallest absolute Gasteiger partial charge is 0.335 e. The lowest BCUT2D eigenvalue weighted by molar-refractivity contribution is -0.128. The molecular formula is C19H20N2O4S. The van der Waals surface area contributed by atoms with Gasteiger partial charge in [0.2, 0.25) is 11.8 Å². The molecule has 2 heterocycles. The van der Waals surface area contributed by atoms with Crippen LogP contribution in [0.2, 0.25) is 0 Å². The minimum absolute atomic E-state index is 0.0205. The summed E-state index contributed by atoms with van der Waals surface area (Å²) in [5.41, 5.74) is 1.19. The van der Waals surface area contributed by atoms with Gasteiger partial charge < -0.3 is 15.3 Å². The van der Waals surface area contributed by atoms with Crippen LogP contribution in [0.25, 0.3) is 0 Å². The zero-order valence-electron chi connectivity index (χ0n) is 14.3. The number of hydrogen-bond acceptors (Lipinski definition) is 4. The van der Waals surface area contributed by atoms with Gasteiger partial charge in [-0.3, -0.25) is 9.59 Å². The Kier molecular flexibility index (Phi) is 5.37. The van der Waals surface area contributed by atoms with Crippen molar-refractivity contribution in [2.24, 2.45) is 5.92 Å². The molecule has 26 heavy (non-hydrogen) atoms. The quantitative estimate of drug-likeness (QED) is 0.815. The second kappa shape index (κ2) is 7.70. The Balaban J connectivity index is 1.58. The molecule has 0 saturated carbocycles. The highest BCUT2D eigenvalue weighted by Crippen LogP contribution is 2.39. The van der Waals surface area contributed by atoms with Crippen LogP contribution >= 0.6 is 11.3 Å². The van der Waals surface area contributed by atoms with Crippen molar-refractivity contribution in [1.82, 2.24) is 10.2 Å². The first-order chi connectivity index (χ1) is 12.5. The molecule has 1 aliphatic heterocycles. The summed E-state index contributed by atoms with van der Waals surface area (Å²) in [5, 5.41) is 13.8. The van der Waals surface area contributed by atoms with Crippen molar-refractivity contribution in [3.8, 4) is 0 Å². The number of carbonyl (C=O) groups is 3. The van der Waals surface area contributed by atoms with Gasteiger partial charge in [0.25, 0.3) is 0 Å². The maximum Gasteiger partial charge on any atom is 0.335 e. The molecule has 136 valence electrons. The summed E-state index contributed by atoms with van der Waals surface area (Å²) in [6.07, 6.45) is 0.823. The van der Waals surface area contributed by atoms with Crippen LogP contribution in [0, 0.1) is 5.92 Å². The highest BCUT2D eigenvalue weighted by atomic mass is 32.1. The van der Waals surface area contributed by atoms with Gasteiger partial charge in [0.15, 0.2) is 0 Å². The van der Waals surface area contributed by atoms with Crippen molar-refractivity contribution in [2.75, 3.05) is 13.6 Å². The molecule has 2 aromatic rings. The Labute approximate surface area is 155 Å². The Morgan fingerprint density at radius 3 is 2.62 bits per heavy atom. The van der Waals surface area contributed by atoms with Crippen LogP contribution in [0.3, 0.4) is 0 Å². The molecule has 2 amide bonds. The summed E-state index contributed by atoms with van der Waals surface area (Å²) in [6, 6.07) is 10.3. The molecule has 7 heteroatoms. The van der Waals surface area contributed by atoms with Gasteiger partial charge in [-0.2, -0.15) is 0 Å². The van der Waals surface area contributed by atoms with Crippen molar-refractivity contribution >= 4 is 29.1 Å². The maximum atomic E-state index is 12.6. The minimum Gasteiger partial charge on any atom is -0.478 e. The molecule has 1 aromatic carbocycles. The fourth-order valence-electron chi connectivity index (χ4n) is 3.23. The summed E-state index contributed by atoms with van der Waals surface area (Å²) >= 11 is 1.55. The monoisotopic (exact) mass is 372 g/mol. The molecule has 1 aliphatic rings. The van der Waals surface area contributed by atoms with E-state index in [0.717, 1.165) is 10.4 Å². The number of amides is 2. The van der Waals surface area contributed by atoms with Crippen LogP contribution in [-0.2, 0) is 16.0 Å². The Bertz CT molecular complexity index is 801. The Hall–Kier alpha value is -2.67. The number of nitrogens with zero attached hydrogens (tertiary/aromatic N) is 1. The first kappa shape index (κ1) is 18.1. The van der Waals surface area contributed by atoms with Gasteiger partial charge in [0, 0.05) is 24.9 Å². The standard InChI is InChI=1S/C19H20N2O4S/c1-21-16(22)11-14(17(21)15-3-2-10-26-15)18(23)20-9-8-12-4-6-13(7-5-12)19(24)25/h2-7,10,14,17H,8-9,11H2,1H3,(H,20,23)(H,24,25)/t14-,17-/m0/s1. The molecule has 3 rings (SSSR count). The number of carboxylic acids is 1. The molecule has 2 N–H and O–H groups in total. The summed E-state index contributed by atoms with van der Waals surface area (Å²) in [6.45, 7) is 0.441. The minimum atomic E-state index is -0.959. The third kappa shape index (κ3) is 3.77. The van der Waals surface area contributed by atoms with Crippen molar-refractivity contribution in [1.29, 1.82) is 0 Å². The van der Waals surface area contributed by atoms with Gasteiger partial charge in [-0.25, -0.2) is 4.79 Å². The van der Waals surface area contributed by atoms with E-state index < -0.39 is 5.97 Å². The second-order valence-electron chi connectivity index (χ2n) is 6.32. The lowest BCUT2D eigenvalue weighted by Crippen LogP contribution is -2.35. The molecule has 1 fully saturated rings. The number of likely N-dealkylation sites (tertiary alicyclic amines) is 1. The third-order valence-electron chi connectivity index (χ3n) is 4.67. The second-order valence-corrected chi connectivity index (χ2v) is 7.30. The molecule has 6 nitrogen and oxygen atoms in total. The van der Waals surface area contributed by atoms with E-state index in [1.54, 1.807) is 47.5 Å². The van der Waals surface area contributed by atoms with Crippen molar-refractivity contribution in [3.05, 3.63) is 57.8 Å². The summed E-state index contributed by atoms with van der Waals surface area (Å²) in [7, 11) is 1.74. The first-order valence-corrected chi connectivity index (χ1v) is 9.24. The molecule has 2 atom stereocenters.